The molecule has 1 aliphatic heterocycles. The van der Waals surface area contributed by atoms with E-state index >= 15 is 0 Å². The van der Waals surface area contributed by atoms with E-state index in [4.69, 9.17) is 27.0 Å². The Balaban J connectivity index is 2.20. The molecular weight excluding hydrogens is 350 g/mol. The molecule has 7 nitrogen and oxygen atoms in total. The number of ether oxygens (including phenoxy) is 1. The zero-order valence-corrected chi connectivity index (χ0v) is 14.7. The lowest BCUT2D eigenvalue weighted by molar-refractivity contribution is -0.736. The SMILES string of the molecule is CO/N=C(COc1ccccc1/C=C1\SC(=S)NC1=O)/C(C)=[NH+]\O. The molecule has 0 aromatic heterocycles. The van der Waals surface area contributed by atoms with E-state index in [1.54, 1.807) is 19.1 Å². The lowest BCUT2D eigenvalue weighted by Gasteiger charge is -2.09. The maximum atomic E-state index is 11.8. The Kier molecular flexibility index (Phi) is 6.33. The normalized spacial score (nSPS) is 17.2. The maximum absolute atomic E-state index is 11.8. The molecule has 9 heteroatoms. The summed E-state index contributed by atoms with van der Waals surface area (Å²) in [4.78, 5) is 17.0. The van der Waals surface area contributed by atoms with Gasteiger partial charge in [0.05, 0.1) is 4.91 Å². The summed E-state index contributed by atoms with van der Waals surface area (Å²) in [5.41, 5.74) is 1.53. The van der Waals surface area contributed by atoms with Crippen LogP contribution in [0.4, 0.5) is 0 Å². The molecule has 1 fully saturated rings. The number of oxime groups is 1. The van der Waals surface area contributed by atoms with E-state index in [1.807, 2.05) is 23.4 Å². The molecule has 1 aromatic rings. The van der Waals surface area contributed by atoms with Gasteiger partial charge < -0.3 is 14.9 Å². The topological polar surface area (TPSA) is 94.1 Å². The van der Waals surface area contributed by atoms with Gasteiger partial charge in [0, 0.05) is 12.5 Å². The third kappa shape index (κ3) is 4.56. The van der Waals surface area contributed by atoms with Crippen molar-refractivity contribution in [2.24, 2.45) is 5.16 Å². The van der Waals surface area contributed by atoms with Crippen LogP contribution in [-0.2, 0) is 9.63 Å². The molecule has 1 aliphatic rings. The van der Waals surface area contributed by atoms with Gasteiger partial charge in [-0.1, -0.05) is 47.3 Å². The number of nitrogens with one attached hydrogen (secondary N) is 2. The molecule has 1 amide bonds. The van der Waals surface area contributed by atoms with Crippen LogP contribution in [0.1, 0.15) is 12.5 Å². The summed E-state index contributed by atoms with van der Waals surface area (Å²) >= 11 is 6.18. The molecule has 2 rings (SSSR count). The van der Waals surface area contributed by atoms with Crippen molar-refractivity contribution in [1.82, 2.24) is 5.32 Å². The zero-order valence-electron chi connectivity index (χ0n) is 13.0. The molecule has 0 unspecified atom stereocenters. The van der Waals surface area contributed by atoms with Crippen LogP contribution >= 0.6 is 24.0 Å². The van der Waals surface area contributed by atoms with E-state index in [0.717, 1.165) is 5.56 Å². The molecule has 0 bridgehead atoms. The van der Waals surface area contributed by atoms with Gasteiger partial charge in [0.1, 0.15) is 23.8 Å². The van der Waals surface area contributed by atoms with Gasteiger partial charge in [-0.05, 0) is 17.3 Å². The molecule has 1 heterocycles. The molecule has 0 spiro atoms. The molecule has 0 saturated carbocycles. The highest BCUT2D eigenvalue weighted by atomic mass is 32.2. The monoisotopic (exact) mass is 366 g/mol. The van der Waals surface area contributed by atoms with Crippen LogP contribution in [0.15, 0.2) is 34.3 Å². The first-order chi connectivity index (χ1) is 11.5. The van der Waals surface area contributed by atoms with E-state index in [0.29, 0.717) is 26.4 Å². The van der Waals surface area contributed by atoms with Crippen molar-refractivity contribution in [2.75, 3.05) is 13.7 Å². The first-order valence-corrected chi connectivity index (χ1v) is 8.08. The fourth-order valence-corrected chi connectivity index (χ4v) is 2.85. The number of hydrogen-bond donors (Lipinski definition) is 3. The van der Waals surface area contributed by atoms with Crippen LogP contribution in [0.2, 0.25) is 0 Å². The smallest absolute Gasteiger partial charge is 0.263 e. The Labute approximate surface area is 148 Å². The number of carbonyl (C=O) groups excluding carboxylic acids is 1. The van der Waals surface area contributed by atoms with E-state index < -0.39 is 0 Å². The molecule has 1 aromatic carbocycles. The predicted molar refractivity (Wildman–Crippen MR) is 96.1 cm³/mol. The van der Waals surface area contributed by atoms with Crippen molar-refractivity contribution in [2.45, 2.75) is 6.92 Å². The Morgan fingerprint density at radius 1 is 1.50 bits per heavy atom. The number of thioether (sulfide) groups is 1. The summed E-state index contributed by atoms with van der Waals surface area (Å²) in [6.45, 7) is 1.71. The van der Waals surface area contributed by atoms with Gasteiger partial charge in [0.15, 0.2) is 5.71 Å². The molecular formula is C15H16N3O4S2+. The van der Waals surface area contributed by atoms with Gasteiger partial charge in [-0.3, -0.25) is 10.0 Å². The zero-order chi connectivity index (χ0) is 17.5. The number of hydrogen-bond acceptors (Lipinski definition) is 7. The molecule has 3 N–H and O–H groups in total. The minimum atomic E-state index is -0.227. The van der Waals surface area contributed by atoms with Gasteiger partial charge in [-0.15, -0.1) is 0 Å². The van der Waals surface area contributed by atoms with Crippen molar-refractivity contribution in [3.8, 4) is 5.75 Å². The van der Waals surface area contributed by atoms with Crippen molar-refractivity contribution in [3.05, 3.63) is 34.7 Å². The molecule has 24 heavy (non-hydrogen) atoms. The summed E-state index contributed by atoms with van der Waals surface area (Å²) in [5.74, 6) is 0.334. The molecule has 0 radical (unpaired) electrons. The van der Waals surface area contributed by atoms with Crippen molar-refractivity contribution < 1.29 is 24.7 Å². The van der Waals surface area contributed by atoms with E-state index in [-0.39, 0.29) is 12.5 Å². The number of benzene rings is 1. The molecule has 126 valence electrons. The Bertz CT molecular complexity index is 744. The van der Waals surface area contributed by atoms with Crippen LogP contribution < -0.4 is 15.2 Å². The number of carbonyl (C=O) groups is 1. The highest BCUT2D eigenvalue weighted by Gasteiger charge is 2.22. The van der Waals surface area contributed by atoms with Gasteiger partial charge in [0.25, 0.3) is 5.91 Å². The lowest BCUT2D eigenvalue weighted by Crippen LogP contribution is -2.70. The number of amides is 1. The van der Waals surface area contributed by atoms with Gasteiger partial charge in [-0.25, -0.2) is 0 Å². The highest BCUT2D eigenvalue weighted by molar-refractivity contribution is 8.26. The van der Waals surface area contributed by atoms with E-state index in [1.165, 1.54) is 18.9 Å². The van der Waals surface area contributed by atoms with E-state index in [9.17, 15) is 4.79 Å². The average molecular weight is 366 g/mol. The van der Waals surface area contributed by atoms with Gasteiger partial charge in [0.2, 0.25) is 5.71 Å². The number of thiocarbonyl (C=S) groups is 1. The van der Waals surface area contributed by atoms with E-state index in [2.05, 4.69) is 10.5 Å². The number of rotatable bonds is 6. The minimum absolute atomic E-state index is 0.0746. The summed E-state index contributed by atoms with van der Waals surface area (Å²) in [5, 5.41) is 17.4. The Morgan fingerprint density at radius 3 is 2.88 bits per heavy atom. The van der Waals surface area contributed by atoms with Crippen LogP contribution in [0.25, 0.3) is 6.08 Å². The summed E-state index contributed by atoms with van der Waals surface area (Å²) in [6.07, 6.45) is 1.71. The second-order valence-corrected chi connectivity index (χ2v) is 6.35. The van der Waals surface area contributed by atoms with Gasteiger partial charge in [-0.2, -0.15) is 0 Å². The van der Waals surface area contributed by atoms with Crippen LogP contribution in [-0.4, -0.2) is 40.6 Å². The van der Waals surface area contributed by atoms with Gasteiger partial charge >= 0.3 is 0 Å². The second-order valence-electron chi connectivity index (χ2n) is 4.64. The third-order valence-electron chi connectivity index (χ3n) is 3.01. The predicted octanol–water partition coefficient (Wildman–Crippen LogP) is 0.487. The molecule has 0 atom stereocenters. The summed E-state index contributed by atoms with van der Waals surface area (Å²) < 4.78 is 6.18. The fraction of sp³-hybridized carbons (Fsp3) is 0.200. The first-order valence-electron chi connectivity index (χ1n) is 6.86. The van der Waals surface area contributed by atoms with Crippen molar-refractivity contribution in [3.63, 3.8) is 0 Å². The highest BCUT2D eigenvalue weighted by Crippen LogP contribution is 2.29. The third-order valence-corrected chi connectivity index (χ3v) is 4.18. The maximum Gasteiger partial charge on any atom is 0.263 e. The standard InChI is InChI=1S/C15H15N3O4S2/c1-9(17-20)11(18-21-2)8-22-12-6-4-3-5-10(12)7-13-14(19)16-15(23)24-13/h3-7,20H,8H2,1-2H3,(H,16,19,23)/p+1/b13-7-,17-9-,18-11+. The molecule has 1 saturated heterocycles. The minimum Gasteiger partial charge on any atom is -0.486 e. The van der Waals surface area contributed by atoms with Crippen molar-refractivity contribution in [1.29, 1.82) is 0 Å². The van der Waals surface area contributed by atoms with Crippen molar-refractivity contribution >= 4 is 51.7 Å². The Morgan fingerprint density at radius 2 is 2.25 bits per heavy atom. The molecule has 0 aliphatic carbocycles. The average Bonchev–Trinajstić information content (AvgIpc) is 2.89. The summed E-state index contributed by atoms with van der Waals surface area (Å²) in [6, 6.07) is 7.25. The van der Waals surface area contributed by atoms with Crippen LogP contribution in [0.3, 0.4) is 0 Å². The largest absolute Gasteiger partial charge is 0.486 e. The fourth-order valence-electron chi connectivity index (χ4n) is 1.82. The van der Waals surface area contributed by atoms with Crippen LogP contribution in [0, 0.1) is 0 Å². The lowest BCUT2D eigenvalue weighted by atomic mass is 10.2. The first kappa shape index (κ1) is 18.0. The number of para-hydroxylation sites is 1. The second kappa shape index (κ2) is 8.46. The quantitative estimate of drug-likeness (QED) is 0.223. The number of nitrogens with zero attached hydrogens (tertiary/aromatic N) is 1. The van der Waals surface area contributed by atoms with Crippen LogP contribution in [0.5, 0.6) is 5.75 Å². The summed E-state index contributed by atoms with van der Waals surface area (Å²) in [7, 11) is 1.40. The Hall–Kier alpha value is -2.39.